The van der Waals surface area contributed by atoms with Gasteiger partial charge in [-0.1, -0.05) is 0 Å². The van der Waals surface area contributed by atoms with Gasteiger partial charge in [0, 0.05) is 13.1 Å². The van der Waals surface area contributed by atoms with Crippen LogP contribution in [0.1, 0.15) is 16.8 Å². The number of ether oxygens (including phenoxy) is 3. The van der Waals surface area contributed by atoms with Gasteiger partial charge >= 0.3 is 0 Å². The average Bonchev–Trinajstić information content (AvgIpc) is 3.01. The molecule has 2 rings (SSSR count). The van der Waals surface area contributed by atoms with Crippen LogP contribution in [-0.2, 0) is 0 Å². The number of methoxy groups -OCH3 is 3. The van der Waals surface area contributed by atoms with Crippen LogP contribution in [0.2, 0.25) is 0 Å². The Morgan fingerprint density at radius 1 is 1.23 bits per heavy atom. The van der Waals surface area contributed by atoms with Crippen molar-refractivity contribution in [2.45, 2.75) is 6.42 Å². The number of carbonyl (C=O) groups is 1. The van der Waals surface area contributed by atoms with Gasteiger partial charge in [0.05, 0.1) is 26.9 Å². The molecule has 1 saturated heterocycles. The summed E-state index contributed by atoms with van der Waals surface area (Å²) in [5.41, 5.74) is 0.505. The molecule has 0 bridgehead atoms. The Morgan fingerprint density at radius 2 is 1.95 bits per heavy atom. The average molecular weight is 308 g/mol. The first-order valence-electron chi connectivity index (χ1n) is 7.39. The highest BCUT2D eigenvalue weighted by Crippen LogP contribution is 2.40. The number of likely N-dealkylation sites (tertiary alicyclic amines) is 1. The molecule has 1 N–H and O–H groups in total. The summed E-state index contributed by atoms with van der Waals surface area (Å²) >= 11 is 0. The van der Waals surface area contributed by atoms with Gasteiger partial charge in [0.2, 0.25) is 5.75 Å². The topological polar surface area (TPSA) is 60.0 Å². The number of amides is 1. The number of rotatable bonds is 6. The summed E-state index contributed by atoms with van der Waals surface area (Å²) in [6.45, 7) is 2.45. The summed E-state index contributed by atoms with van der Waals surface area (Å²) in [6.07, 6.45) is 1.02. The van der Waals surface area contributed by atoms with Gasteiger partial charge in [-0.05, 0) is 38.1 Å². The monoisotopic (exact) mass is 308 g/mol. The van der Waals surface area contributed by atoms with E-state index < -0.39 is 0 Å². The Morgan fingerprint density at radius 3 is 2.55 bits per heavy atom. The van der Waals surface area contributed by atoms with Gasteiger partial charge in [-0.15, -0.1) is 0 Å². The van der Waals surface area contributed by atoms with Gasteiger partial charge in [-0.2, -0.15) is 0 Å². The fourth-order valence-electron chi connectivity index (χ4n) is 2.91. The maximum absolute atomic E-state index is 12.8. The van der Waals surface area contributed by atoms with Crippen molar-refractivity contribution in [3.63, 3.8) is 0 Å². The lowest BCUT2D eigenvalue weighted by Crippen LogP contribution is -2.30. The van der Waals surface area contributed by atoms with E-state index in [9.17, 15) is 4.79 Å². The van der Waals surface area contributed by atoms with Crippen LogP contribution in [0.3, 0.4) is 0 Å². The summed E-state index contributed by atoms with van der Waals surface area (Å²) in [5.74, 6) is 1.88. The summed E-state index contributed by atoms with van der Waals surface area (Å²) in [4.78, 5) is 14.6. The normalized spacial score (nSPS) is 17.5. The fraction of sp³-hybridized carbons (Fsp3) is 0.562. The molecule has 122 valence electrons. The van der Waals surface area contributed by atoms with Gasteiger partial charge in [0.15, 0.2) is 11.5 Å². The number of nitrogens with one attached hydrogen (secondary N) is 1. The van der Waals surface area contributed by atoms with E-state index in [1.54, 1.807) is 19.2 Å². The molecule has 1 amide bonds. The molecule has 0 spiro atoms. The molecule has 1 fully saturated rings. The molecular formula is C16H24N2O4. The lowest BCUT2D eigenvalue weighted by molar-refractivity contribution is 0.0783. The van der Waals surface area contributed by atoms with E-state index in [1.807, 2.05) is 11.9 Å². The fourth-order valence-corrected chi connectivity index (χ4v) is 2.91. The van der Waals surface area contributed by atoms with Crippen LogP contribution in [-0.4, -0.2) is 58.8 Å². The lowest BCUT2D eigenvalue weighted by Gasteiger charge is -2.20. The zero-order valence-corrected chi connectivity index (χ0v) is 13.6. The van der Waals surface area contributed by atoms with Gasteiger partial charge in [-0.25, -0.2) is 0 Å². The zero-order chi connectivity index (χ0) is 16.1. The standard InChI is InChI=1S/C16H24N2O4/c1-17-9-11-7-8-18(10-11)16(19)12-5-6-13(20-2)15(22-4)14(12)21-3/h5-6,11,17H,7-10H2,1-4H3. The summed E-state index contributed by atoms with van der Waals surface area (Å²) in [7, 11) is 6.55. The number of nitrogens with zero attached hydrogens (tertiary/aromatic N) is 1. The number of carbonyl (C=O) groups excluding carboxylic acids is 1. The molecule has 1 atom stereocenters. The molecular weight excluding hydrogens is 284 g/mol. The van der Waals surface area contributed by atoms with Crippen molar-refractivity contribution in [1.29, 1.82) is 0 Å². The van der Waals surface area contributed by atoms with Gasteiger partial charge < -0.3 is 24.4 Å². The largest absolute Gasteiger partial charge is 0.493 e. The molecule has 0 radical (unpaired) electrons. The Labute approximate surface area is 131 Å². The number of hydrogen-bond acceptors (Lipinski definition) is 5. The van der Waals surface area contributed by atoms with Crippen molar-refractivity contribution in [2.24, 2.45) is 5.92 Å². The Balaban J connectivity index is 2.26. The smallest absolute Gasteiger partial charge is 0.257 e. The van der Waals surface area contributed by atoms with Crippen molar-refractivity contribution >= 4 is 5.91 Å². The Hall–Kier alpha value is -1.95. The van der Waals surface area contributed by atoms with E-state index in [0.29, 0.717) is 28.7 Å². The molecule has 0 aromatic heterocycles. The van der Waals surface area contributed by atoms with Crippen molar-refractivity contribution in [1.82, 2.24) is 10.2 Å². The Kier molecular flexibility index (Phi) is 5.49. The maximum atomic E-state index is 12.8. The van der Waals surface area contributed by atoms with E-state index in [2.05, 4.69) is 5.32 Å². The van der Waals surface area contributed by atoms with Crippen LogP contribution < -0.4 is 19.5 Å². The second kappa shape index (κ2) is 7.35. The minimum absolute atomic E-state index is 0.0311. The first-order chi connectivity index (χ1) is 10.7. The highest BCUT2D eigenvalue weighted by atomic mass is 16.5. The van der Waals surface area contributed by atoms with Crippen molar-refractivity contribution in [3.05, 3.63) is 17.7 Å². The van der Waals surface area contributed by atoms with Crippen LogP contribution in [0.5, 0.6) is 17.2 Å². The minimum Gasteiger partial charge on any atom is -0.493 e. The van der Waals surface area contributed by atoms with Gasteiger partial charge in [-0.3, -0.25) is 4.79 Å². The summed E-state index contributed by atoms with van der Waals surface area (Å²) < 4.78 is 16.0. The van der Waals surface area contributed by atoms with Crippen LogP contribution in [0.4, 0.5) is 0 Å². The third-order valence-electron chi connectivity index (χ3n) is 4.00. The van der Waals surface area contributed by atoms with Crippen molar-refractivity contribution in [3.8, 4) is 17.2 Å². The molecule has 22 heavy (non-hydrogen) atoms. The third kappa shape index (κ3) is 3.11. The molecule has 1 aliphatic rings. The predicted octanol–water partition coefficient (Wildman–Crippen LogP) is 1.39. The van der Waals surface area contributed by atoms with Gasteiger partial charge in [0.25, 0.3) is 5.91 Å². The molecule has 1 heterocycles. The van der Waals surface area contributed by atoms with E-state index in [-0.39, 0.29) is 5.91 Å². The summed E-state index contributed by atoms with van der Waals surface area (Å²) in [5, 5.41) is 3.17. The lowest BCUT2D eigenvalue weighted by atomic mass is 10.1. The molecule has 1 aromatic rings. The molecule has 6 nitrogen and oxygen atoms in total. The van der Waals surface area contributed by atoms with Crippen LogP contribution >= 0.6 is 0 Å². The highest BCUT2D eigenvalue weighted by molar-refractivity contribution is 5.98. The summed E-state index contributed by atoms with van der Waals surface area (Å²) in [6, 6.07) is 3.46. The zero-order valence-electron chi connectivity index (χ0n) is 13.6. The second-order valence-corrected chi connectivity index (χ2v) is 5.35. The van der Waals surface area contributed by atoms with Crippen LogP contribution in [0.15, 0.2) is 12.1 Å². The molecule has 1 aromatic carbocycles. The van der Waals surface area contributed by atoms with Gasteiger partial charge in [0.1, 0.15) is 0 Å². The van der Waals surface area contributed by atoms with Crippen molar-refractivity contribution < 1.29 is 19.0 Å². The minimum atomic E-state index is -0.0311. The highest BCUT2D eigenvalue weighted by Gasteiger charge is 2.29. The Bertz CT molecular complexity index is 533. The molecule has 0 aliphatic carbocycles. The van der Waals surface area contributed by atoms with Crippen LogP contribution in [0.25, 0.3) is 0 Å². The maximum Gasteiger partial charge on any atom is 0.257 e. The van der Waals surface area contributed by atoms with E-state index in [4.69, 9.17) is 14.2 Å². The predicted molar refractivity (Wildman–Crippen MR) is 84.0 cm³/mol. The number of benzene rings is 1. The van der Waals surface area contributed by atoms with Crippen molar-refractivity contribution in [2.75, 3.05) is 48.0 Å². The molecule has 1 unspecified atom stereocenters. The van der Waals surface area contributed by atoms with E-state index in [1.165, 1.54) is 14.2 Å². The van der Waals surface area contributed by atoms with E-state index in [0.717, 1.165) is 26.1 Å². The molecule has 6 heteroatoms. The SMILES string of the molecule is CNCC1CCN(C(=O)c2ccc(OC)c(OC)c2OC)C1. The third-order valence-corrected chi connectivity index (χ3v) is 4.00. The first-order valence-corrected chi connectivity index (χ1v) is 7.39. The van der Waals surface area contributed by atoms with Crippen LogP contribution in [0, 0.1) is 5.92 Å². The molecule has 1 aliphatic heterocycles. The first kappa shape index (κ1) is 16.4. The van der Waals surface area contributed by atoms with E-state index >= 15 is 0 Å². The second-order valence-electron chi connectivity index (χ2n) is 5.35. The molecule has 0 saturated carbocycles. The quantitative estimate of drug-likeness (QED) is 0.860. The number of hydrogen-bond donors (Lipinski definition) is 1.